The van der Waals surface area contributed by atoms with Gasteiger partial charge in [-0.25, -0.2) is 12.8 Å². The Morgan fingerprint density at radius 1 is 0.839 bits per heavy atom. The van der Waals surface area contributed by atoms with Gasteiger partial charge < -0.3 is 5.32 Å². The molecule has 1 amide bonds. The van der Waals surface area contributed by atoms with Crippen molar-refractivity contribution in [2.75, 3.05) is 10.0 Å². The number of amides is 1. The van der Waals surface area contributed by atoms with Gasteiger partial charge in [-0.1, -0.05) is 23.7 Å². The lowest BCUT2D eigenvalue weighted by Gasteiger charge is -2.13. The molecule has 0 fully saturated rings. The predicted octanol–water partition coefficient (Wildman–Crippen LogP) is 4.88. The normalized spacial score (nSPS) is 11.0. The van der Waals surface area contributed by atoms with Crippen molar-refractivity contribution in [3.05, 3.63) is 89.2 Å². The van der Waals surface area contributed by atoms with E-state index in [9.17, 15) is 22.4 Å². The number of rotatable bonds is 8. The van der Waals surface area contributed by atoms with Gasteiger partial charge in [0.05, 0.1) is 16.3 Å². The summed E-state index contributed by atoms with van der Waals surface area (Å²) in [6.07, 6.45) is -0.0998. The van der Waals surface area contributed by atoms with E-state index in [1.807, 2.05) is 0 Å². The first-order chi connectivity index (χ1) is 14.7. The van der Waals surface area contributed by atoms with Crippen LogP contribution >= 0.6 is 11.6 Å². The quantitative estimate of drug-likeness (QED) is 0.468. The maximum Gasteiger partial charge on any atom is 0.261 e. The van der Waals surface area contributed by atoms with E-state index in [1.54, 1.807) is 36.4 Å². The fourth-order valence-electron chi connectivity index (χ4n) is 2.72. The molecule has 0 saturated carbocycles. The third-order valence-corrected chi connectivity index (χ3v) is 5.95. The number of sulfonamides is 1. The monoisotopic (exact) mass is 460 g/mol. The van der Waals surface area contributed by atoms with Crippen molar-refractivity contribution in [3.8, 4) is 0 Å². The number of ketones is 1. The molecule has 2 N–H and O–H groups in total. The number of benzene rings is 3. The van der Waals surface area contributed by atoms with Crippen LogP contribution in [0.4, 0.5) is 15.8 Å². The summed E-state index contributed by atoms with van der Waals surface area (Å²) in [7, 11) is -3.99. The average Bonchev–Trinajstić information content (AvgIpc) is 2.74. The van der Waals surface area contributed by atoms with E-state index in [0.29, 0.717) is 10.6 Å². The molecule has 0 atom stereocenters. The molecule has 0 heterocycles. The van der Waals surface area contributed by atoms with Crippen LogP contribution in [0.5, 0.6) is 0 Å². The van der Waals surface area contributed by atoms with Gasteiger partial charge in [-0.3, -0.25) is 14.3 Å². The van der Waals surface area contributed by atoms with Gasteiger partial charge in [0.1, 0.15) is 5.82 Å². The van der Waals surface area contributed by atoms with E-state index in [-0.39, 0.29) is 34.9 Å². The molecule has 6 nitrogen and oxygen atoms in total. The lowest BCUT2D eigenvalue weighted by atomic mass is 10.1. The maximum atomic E-state index is 13.1. The highest BCUT2D eigenvalue weighted by Gasteiger charge is 2.17. The minimum atomic E-state index is -3.99. The van der Waals surface area contributed by atoms with Gasteiger partial charge in [0, 0.05) is 23.4 Å². The molecule has 0 aliphatic carbocycles. The summed E-state index contributed by atoms with van der Waals surface area (Å²) >= 11 is 5.80. The Morgan fingerprint density at radius 3 is 2.10 bits per heavy atom. The first kappa shape index (κ1) is 22.5. The van der Waals surface area contributed by atoms with E-state index in [1.165, 1.54) is 12.1 Å². The minimum absolute atomic E-state index is 0.0169. The Bertz CT molecular complexity index is 1200. The summed E-state index contributed by atoms with van der Waals surface area (Å²) in [6.45, 7) is 0. The van der Waals surface area contributed by atoms with E-state index in [2.05, 4.69) is 10.0 Å². The van der Waals surface area contributed by atoms with Crippen molar-refractivity contribution in [3.63, 3.8) is 0 Å². The molecule has 0 aromatic heterocycles. The predicted molar refractivity (Wildman–Crippen MR) is 117 cm³/mol. The SMILES string of the molecule is O=C(CCC(=O)c1ccc(Cl)cc1)Nc1ccccc1NS(=O)(=O)c1ccc(F)cc1. The fraction of sp³-hybridized carbons (Fsp3) is 0.0909. The second kappa shape index (κ2) is 9.72. The Balaban J connectivity index is 1.66. The molecule has 3 aromatic carbocycles. The lowest BCUT2D eigenvalue weighted by Crippen LogP contribution is -2.17. The smallest absolute Gasteiger partial charge is 0.261 e. The Kier molecular flexibility index (Phi) is 7.04. The van der Waals surface area contributed by atoms with Crippen molar-refractivity contribution in [2.24, 2.45) is 0 Å². The first-order valence-corrected chi connectivity index (χ1v) is 11.1. The lowest BCUT2D eigenvalue weighted by molar-refractivity contribution is -0.116. The fourth-order valence-corrected chi connectivity index (χ4v) is 3.92. The molecule has 160 valence electrons. The molecule has 0 unspecified atom stereocenters. The molecule has 0 aliphatic heterocycles. The maximum absolute atomic E-state index is 13.1. The molecule has 0 saturated heterocycles. The highest BCUT2D eigenvalue weighted by molar-refractivity contribution is 7.92. The van der Waals surface area contributed by atoms with Gasteiger partial charge in [-0.05, 0) is 60.7 Å². The third kappa shape index (κ3) is 6.13. The van der Waals surface area contributed by atoms with Crippen LogP contribution < -0.4 is 10.0 Å². The topological polar surface area (TPSA) is 92.3 Å². The second-order valence-corrected chi connectivity index (χ2v) is 8.70. The number of para-hydroxylation sites is 2. The van der Waals surface area contributed by atoms with E-state index in [0.717, 1.165) is 24.3 Å². The molecule has 0 bridgehead atoms. The zero-order valence-electron chi connectivity index (χ0n) is 16.1. The van der Waals surface area contributed by atoms with Crippen molar-refractivity contribution < 1.29 is 22.4 Å². The molecular weight excluding hydrogens is 443 g/mol. The highest BCUT2D eigenvalue weighted by Crippen LogP contribution is 2.25. The van der Waals surface area contributed by atoms with Crippen molar-refractivity contribution in [1.82, 2.24) is 0 Å². The average molecular weight is 461 g/mol. The first-order valence-electron chi connectivity index (χ1n) is 9.20. The van der Waals surface area contributed by atoms with Gasteiger partial charge in [-0.2, -0.15) is 0 Å². The Hall–Kier alpha value is -3.23. The molecule has 0 aliphatic rings. The number of carbonyl (C=O) groups is 2. The number of anilines is 2. The number of carbonyl (C=O) groups excluding carboxylic acids is 2. The summed E-state index contributed by atoms with van der Waals surface area (Å²) < 4.78 is 40.5. The molecule has 9 heteroatoms. The van der Waals surface area contributed by atoms with Gasteiger partial charge in [0.15, 0.2) is 5.78 Å². The largest absolute Gasteiger partial charge is 0.324 e. The van der Waals surface area contributed by atoms with Crippen LogP contribution in [0, 0.1) is 5.82 Å². The van der Waals surface area contributed by atoms with Crippen LogP contribution in [-0.2, 0) is 14.8 Å². The molecule has 31 heavy (non-hydrogen) atoms. The zero-order chi connectivity index (χ0) is 22.4. The van der Waals surface area contributed by atoms with Crippen molar-refractivity contribution >= 4 is 44.7 Å². The van der Waals surface area contributed by atoms with E-state index < -0.39 is 21.7 Å². The number of hydrogen-bond acceptors (Lipinski definition) is 4. The molecular formula is C22H18ClFN2O4S. The van der Waals surface area contributed by atoms with E-state index >= 15 is 0 Å². The molecule has 0 radical (unpaired) electrons. The van der Waals surface area contributed by atoms with Crippen LogP contribution in [0.25, 0.3) is 0 Å². The van der Waals surface area contributed by atoms with Crippen molar-refractivity contribution in [2.45, 2.75) is 17.7 Å². The number of Topliss-reactive ketones (excluding diaryl/α,β-unsaturated/α-hetero) is 1. The molecule has 0 spiro atoms. The van der Waals surface area contributed by atoms with Crippen LogP contribution in [-0.4, -0.2) is 20.1 Å². The third-order valence-electron chi connectivity index (χ3n) is 4.31. The molecule has 3 aromatic rings. The van der Waals surface area contributed by atoms with Crippen LogP contribution in [0.2, 0.25) is 5.02 Å². The summed E-state index contributed by atoms with van der Waals surface area (Å²) in [5.74, 6) is -1.22. The molecule has 3 rings (SSSR count). The van der Waals surface area contributed by atoms with Gasteiger partial charge in [-0.15, -0.1) is 0 Å². The van der Waals surface area contributed by atoms with E-state index in [4.69, 9.17) is 11.6 Å². The second-order valence-electron chi connectivity index (χ2n) is 6.58. The van der Waals surface area contributed by atoms with Crippen LogP contribution in [0.1, 0.15) is 23.2 Å². The van der Waals surface area contributed by atoms with Crippen molar-refractivity contribution in [1.29, 1.82) is 0 Å². The Morgan fingerprint density at radius 2 is 1.45 bits per heavy atom. The summed E-state index contributed by atoms with van der Waals surface area (Å²) in [5.41, 5.74) is 0.825. The van der Waals surface area contributed by atoms with Crippen LogP contribution in [0.15, 0.2) is 77.7 Å². The minimum Gasteiger partial charge on any atom is -0.324 e. The highest BCUT2D eigenvalue weighted by atomic mass is 35.5. The number of nitrogens with one attached hydrogen (secondary N) is 2. The Labute approximate surface area is 184 Å². The zero-order valence-corrected chi connectivity index (χ0v) is 17.7. The van der Waals surface area contributed by atoms with Gasteiger partial charge >= 0.3 is 0 Å². The number of halogens is 2. The van der Waals surface area contributed by atoms with Gasteiger partial charge in [0.2, 0.25) is 5.91 Å². The standard InChI is InChI=1S/C22H18ClFN2O4S/c23-16-7-5-15(6-8-16)21(27)13-14-22(28)25-19-3-1-2-4-20(19)26-31(29,30)18-11-9-17(24)10-12-18/h1-12,26H,13-14H2,(H,25,28). The van der Waals surface area contributed by atoms with Gasteiger partial charge in [0.25, 0.3) is 10.0 Å². The number of hydrogen-bond donors (Lipinski definition) is 2. The summed E-state index contributed by atoms with van der Waals surface area (Å²) in [4.78, 5) is 24.4. The van der Waals surface area contributed by atoms with Crippen LogP contribution in [0.3, 0.4) is 0 Å². The summed E-state index contributed by atoms with van der Waals surface area (Å²) in [6, 6.07) is 17.0. The summed E-state index contributed by atoms with van der Waals surface area (Å²) in [5, 5.41) is 3.12.